The average molecular weight is 278 g/mol. The van der Waals surface area contributed by atoms with Gasteiger partial charge in [-0.25, -0.2) is 9.37 Å². The third-order valence-electron chi connectivity index (χ3n) is 3.01. The number of halogens is 1. The molecule has 0 fully saturated rings. The smallest absolute Gasteiger partial charge is 0.124 e. The van der Waals surface area contributed by atoms with Crippen LogP contribution in [0.5, 0.6) is 0 Å². The Balaban J connectivity index is 2.43. The van der Waals surface area contributed by atoms with Crippen LogP contribution in [0.1, 0.15) is 38.2 Å². The molecule has 0 aliphatic carbocycles. The molecule has 0 aliphatic rings. The number of rotatable bonds is 4. The van der Waals surface area contributed by atoms with Gasteiger partial charge < -0.3 is 4.57 Å². The van der Waals surface area contributed by atoms with Gasteiger partial charge in [0, 0.05) is 11.4 Å². The quantitative estimate of drug-likeness (QED) is 0.811. The monoisotopic (exact) mass is 278 g/mol. The van der Waals surface area contributed by atoms with Crippen molar-refractivity contribution in [2.24, 2.45) is 0 Å². The molecule has 0 atom stereocenters. The van der Waals surface area contributed by atoms with E-state index in [1.807, 2.05) is 13.0 Å². The highest BCUT2D eigenvalue weighted by Gasteiger charge is 2.17. The fourth-order valence-electron chi connectivity index (χ4n) is 2.07. The van der Waals surface area contributed by atoms with E-state index in [1.54, 1.807) is 23.9 Å². The van der Waals surface area contributed by atoms with E-state index in [0.717, 1.165) is 28.0 Å². The van der Waals surface area contributed by atoms with E-state index >= 15 is 0 Å². The van der Waals surface area contributed by atoms with Crippen LogP contribution in [0.4, 0.5) is 4.39 Å². The predicted molar refractivity (Wildman–Crippen MR) is 77.3 cm³/mol. The van der Waals surface area contributed by atoms with Crippen LogP contribution in [0.25, 0.3) is 0 Å². The lowest BCUT2D eigenvalue weighted by Gasteiger charge is -2.10. The van der Waals surface area contributed by atoms with Crippen molar-refractivity contribution in [2.45, 2.75) is 50.1 Å². The first-order valence-electron chi connectivity index (χ1n) is 6.53. The second-order valence-electron chi connectivity index (χ2n) is 4.81. The molecule has 0 spiro atoms. The lowest BCUT2D eigenvalue weighted by Crippen LogP contribution is -1.99. The molecule has 1 aromatic carbocycles. The summed E-state index contributed by atoms with van der Waals surface area (Å²) < 4.78 is 15.5. The van der Waals surface area contributed by atoms with Gasteiger partial charge in [-0.2, -0.15) is 0 Å². The van der Waals surface area contributed by atoms with E-state index in [4.69, 9.17) is 0 Å². The number of aryl methyl sites for hydroxylation is 1. The lowest BCUT2D eigenvalue weighted by atomic mass is 10.1. The van der Waals surface area contributed by atoms with Gasteiger partial charge >= 0.3 is 0 Å². The van der Waals surface area contributed by atoms with E-state index in [0.29, 0.717) is 5.92 Å². The molecule has 1 aromatic heterocycles. The average Bonchev–Trinajstić information content (AvgIpc) is 2.66. The molecule has 19 heavy (non-hydrogen) atoms. The molecule has 0 amide bonds. The molecule has 2 rings (SSSR count). The molecule has 0 unspecified atom stereocenters. The summed E-state index contributed by atoms with van der Waals surface area (Å²) in [5.74, 6) is 1.18. The zero-order valence-corrected chi connectivity index (χ0v) is 12.6. The van der Waals surface area contributed by atoms with Gasteiger partial charge in [0.25, 0.3) is 0 Å². The summed E-state index contributed by atoms with van der Waals surface area (Å²) in [5.41, 5.74) is 1.09. The Morgan fingerprint density at radius 1 is 1.37 bits per heavy atom. The van der Waals surface area contributed by atoms with Crippen molar-refractivity contribution in [1.29, 1.82) is 0 Å². The van der Waals surface area contributed by atoms with Crippen LogP contribution in [-0.2, 0) is 6.54 Å². The molecule has 2 nitrogen and oxygen atoms in total. The Hall–Kier alpha value is -1.29. The lowest BCUT2D eigenvalue weighted by molar-refractivity contribution is 0.624. The number of imidazole rings is 1. The highest BCUT2D eigenvalue weighted by Crippen LogP contribution is 2.34. The minimum atomic E-state index is -0.199. The van der Waals surface area contributed by atoms with Crippen molar-refractivity contribution >= 4 is 11.8 Å². The minimum absolute atomic E-state index is 0.199. The highest BCUT2D eigenvalue weighted by atomic mass is 32.2. The van der Waals surface area contributed by atoms with E-state index < -0.39 is 0 Å². The van der Waals surface area contributed by atoms with Crippen molar-refractivity contribution in [3.8, 4) is 0 Å². The molecule has 4 heteroatoms. The number of benzene rings is 1. The van der Waals surface area contributed by atoms with Crippen LogP contribution in [0.3, 0.4) is 0 Å². The summed E-state index contributed by atoms with van der Waals surface area (Å²) in [6.45, 7) is 9.28. The van der Waals surface area contributed by atoms with Gasteiger partial charge in [0.05, 0.1) is 5.69 Å². The minimum Gasteiger partial charge on any atom is -0.323 e. The van der Waals surface area contributed by atoms with Crippen LogP contribution in [0.2, 0.25) is 0 Å². The predicted octanol–water partition coefficient (Wildman–Crippen LogP) is 4.63. The first-order chi connectivity index (χ1) is 9.02. The van der Waals surface area contributed by atoms with E-state index in [2.05, 4.69) is 30.3 Å². The molecule has 0 saturated carbocycles. The summed E-state index contributed by atoms with van der Waals surface area (Å²) >= 11 is 1.59. The zero-order valence-electron chi connectivity index (χ0n) is 11.8. The molecule has 2 aromatic rings. The third-order valence-corrected chi connectivity index (χ3v) is 4.12. The van der Waals surface area contributed by atoms with Crippen LogP contribution >= 0.6 is 11.8 Å². The second kappa shape index (κ2) is 5.78. The van der Waals surface area contributed by atoms with Gasteiger partial charge in [-0.1, -0.05) is 31.7 Å². The van der Waals surface area contributed by atoms with E-state index in [-0.39, 0.29) is 5.82 Å². The molecular formula is C15H19FN2S. The summed E-state index contributed by atoms with van der Waals surface area (Å²) in [4.78, 5) is 5.56. The summed E-state index contributed by atoms with van der Waals surface area (Å²) in [7, 11) is 0. The van der Waals surface area contributed by atoms with Crippen molar-refractivity contribution in [1.82, 2.24) is 9.55 Å². The maximum absolute atomic E-state index is 13.3. The molecule has 0 aliphatic heterocycles. The molecule has 0 saturated heterocycles. The van der Waals surface area contributed by atoms with Gasteiger partial charge in [0.2, 0.25) is 0 Å². The maximum atomic E-state index is 13.3. The first kappa shape index (κ1) is 14.1. The van der Waals surface area contributed by atoms with Crippen molar-refractivity contribution < 1.29 is 4.39 Å². The van der Waals surface area contributed by atoms with Gasteiger partial charge in [-0.15, -0.1) is 0 Å². The second-order valence-corrected chi connectivity index (χ2v) is 5.87. The molecule has 1 heterocycles. The zero-order chi connectivity index (χ0) is 14.0. The van der Waals surface area contributed by atoms with Crippen LogP contribution < -0.4 is 0 Å². The van der Waals surface area contributed by atoms with E-state index in [9.17, 15) is 4.39 Å². The number of hydrogen-bond donors (Lipinski definition) is 0. The summed E-state index contributed by atoms with van der Waals surface area (Å²) in [5, 5.41) is 1.13. The first-order valence-corrected chi connectivity index (χ1v) is 7.35. The van der Waals surface area contributed by atoms with Gasteiger partial charge in [-0.05, 0) is 38.0 Å². The molecular weight excluding hydrogens is 259 g/mol. The fourth-order valence-corrected chi connectivity index (χ4v) is 3.36. The van der Waals surface area contributed by atoms with Crippen LogP contribution in [0, 0.1) is 12.7 Å². The Morgan fingerprint density at radius 3 is 2.68 bits per heavy atom. The SMILES string of the molecule is CCn1c(C)nc(C(C)C)c1Sc1cccc(F)c1. The molecule has 0 radical (unpaired) electrons. The third kappa shape index (κ3) is 3.00. The molecule has 102 valence electrons. The van der Waals surface area contributed by atoms with Gasteiger partial charge in [-0.3, -0.25) is 0 Å². The number of hydrogen-bond acceptors (Lipinski definition) is 2. The van der Waals surface area contributed by atoms with E-state index in [1.165, 1.54) is 6.07 Å². The fraction of sp³-hybridized carbons (Fsp3) is 0.400. The Morgan fingerprint density at radius 2 is 2.11 bits per heavy atom. The Labute approximate surface area is 118 Å². The van der Waals surface area contributed by atoms with Gasteiger partial charge in [0.1, 0.15) is 16.7 Å². The Bertz CT molecular complexity index is 576. The highest BCUT2D eigenvalue weighted by molar-refractivity contribution is 7.99. The maximum Gasteiger partial charge on any atom is 0.124 e. The van der Waals surface area contributed by atoms with Crippen molar-refractivity contribution in [2.75, 3.05) is 0 Å². The molecule has 0 bridgehead atoms. The number of aromatic nitrogens is 2. The standard InChI is InChI=1S/C15H19FN2S/c1-5-18-11(4)17-14(10(2)3)15(18)19-13-8-6-7-12(16)9-13/h6-10H,5H2,1-4H3. The van der Waals surface area contributed by atoms with Crippen LogP contribution in [0.15, 0.2) is 34.2 Å². The molecule has 0 N–H and O–H groups in total. The normalized spacial score (nSPS) is 11.3. The van der Waals surface area contributed by atoms with Crippen molar-refractivity contribution in [3.63, 3.8) is 0 Å². The largest absolute Gasteiger partial charge is 0.323 e. The Kier molecular flexibility index (Phi) is 4.30. The number of nitrogens with zero attached hydrogens (tertiary/aromatic N) is 2. The van der Waals surface area contributed by atoms with Crippen LogP contribution in [-0.4, -0.2) is 9.55 Å². The summed E-state index contributed by atoms with van der Waals surface area (Å²) in [6.07, 6.45) is 0. The van der Waals surface area contributed by atoms with Crippen molar-refractivity contribution in [3.05, 3.63) is 41.6 Å². The van der Waals surface area contributed by atoms with Gasteiger partial charge in [0.15, 0.2) is 0 Å². The topological polar surface area (TPSA) is 17.8 Å². The summed E-state index contributed by atoms with van der Waals surface area (Å²) in [6, 6.07) is 6.71.